The highest BCUT2D eigenvalue weighted by molar-refractivity contribution is 5.68. The van der Waals surface area contributed by atoms with Gasteiger partial charge >= 0.3 is 5.69 Å². The van der Waals surface area contributed by atoms with Crippen LogP contribution in [0.5, 0.6) is 5.75 Å². The number of phenols is 1. The number of anilines is 1. The summed E-state index contributed by atoms with van der Waals surface area (Å²) < 4.78 is 0. The number of phenolic OH excluding ortho intramolecular Hbond substituents is 1. The summed E-state index contributed by atoms with van der Waals surface area (Å²) in [5, 5.41) is 32.6. The molecule has 0 fully saturated rings. The first kappa shape index (κ1) is 10.7. The van der Waals surface area contributed by atoms with E-state index in [0.29, 0.717) is 11.3 Å². The number of nitro benzene ring substituents is 1. The highest BCUT2D eigenvalue weighted by Gasteiger charge is 2.40. The normalized spacial score (nSPS) is 21.3. The average molecular weight is 224 g/mol. The molecule has 0 radical (unpaired) electrons. The Hall–Kier alpha value is -1.82. The molecule has 6 nitrogen and oxygen atoms in total. The number of hydrogen-bond donors (Lipinski definition) is 3. The lowest BCUT2D eigenvalue weighted by Crippen LogP contribution is -2.32. The molecule has 3 N–H and O–H groups in total. The van der Waals surface area contributed by atoms with Crippen LogP contribution in [0, 0.1) is 10.1 Å². The van der Waals surface area contributed by atoms with Crippen molar-refractivity contribution < 1.29 is 15.1 Å². The number of rotatable bonds is 1. The minimum absolute atomic E-state index is 0.345. The number of aromatic hydroxyl groups is 1. The zero-order valence-corrected chi connectivity index (χ0v) is 8.89. The molecular formula is C10H12N2O4. The molecule has 0 aliphatic carbocycles. The molecule has 1 atom stereocenters. The van der Waals surface area contributed by atoms with Crippen LogP contribution in [0.3, 0.4) is 0 Å². The van der Waals surface area contributed by atoms with Gasteiger partial charge < -0.3 is 15.5 Å². The molecule has 1 aromatic rings. The van der Waals surface area contributed by atoms with E-state index >= 15 is 0 Å². The molecule has 0 bridgehead atoms. The summed E-state index contributed by atoms with van der Waals surface area (Å²) in [6, 6.07) is 2.57. The van der Waals surface area contributed by atoms with Crippen molar-refractivity contribution in [1.82, 2.24) is 0 Å². The number of nitrogens with zero attached hydrogens (tertiary/aromatic N) is 1. The molecule has 0 spiro atoms. The van der Waals surface area contributed by atoms with E-state index in [2.05, 4.69) is 5.32 Å². The van der Waals surface area contributed by atoms with Crippen molar-refractivity contribution >= 4 is 11.4 Å². The molecule has 0 saturated heterocycles. The van der Waals surface area contributed by atoms with E-state index in [4.69, 9.17) is 0 Å². The first-order valence-electron chi connectivity index (χ1n) is 4.80. The van der Waals surface area contributed by atoms with E-state index in [0.717, 1.165) is 0 Å². The molecule has 0 amide bonds. The van der Waals surface area contributed by atoms with E-state index in [1.807, 2.05) is 0 Å². The fourth-order valence-corrected chi connectivity index (χ4v) is 1.85. The SMILES string of the molecule is CC1(C)c2cc([N+](=O)[O-])c(O)cc2NC1O. The number of fused-ring (bicyclic) bond motifs is 1. The molecule has 1 heterocycles. The molecule has 0 aromatic heterocycles. The minimum atomic E-state index is -0.816. The van der Waals surface area contributed by atoms with E-state index in [9.17, 15) is 20.3 Å². The van der Waals surface area contributed by atoms with Gasteiger partial charge in [-0.3, -0.25) is 10.1 Å². The van der Waals surface area contributed by atoms with Crippen molar-refractivity contribution in [3.05, 3.63) is 27.8 Å². The highest BCUT2D eigenvalue weighted by Crippen LogP contribution is 2.44. The van der Waals surface area contributed by atoms with Crippen molar-refractivity contribution in [1.29, 1.82) is 0 Å². The van der Waals surface area contributed by atoms with Gasteiger partial charge in [0.25, 0.3) is 0 Å². The van der Waals surface area contributed by atoms with Gasteiger partial charge in [-0.2, -0.15) is 0 Å². The van der Waals surface area contributed by atoms with Crippen LogP contribution < -0.4 is 5.32 Å². The third kappa shape index (κ3) is 1.30. The maximum atomic E-state index is 10.7. The summed E-state index contributed by atoms with van der Waals surface area (Å²) >= 11 is 0. The molecule has 0 saturated carbocycles. The van der Waals surface area contributed by atoms with Crippen LogP contribution in [0.25, 0.3) is 0 Å². The summed E-state index contributed by atoms with van der Waals surface area (Å²) in [5.41, 5.74) is 0.196. The molecule has 6 heteroatoms. The van der Waals surface area contributed by atoms with Crippen LogP contribution in [0.1, 0.15) is 19.4 Å². The van der Waals surface area contributed by atoms with Crippen molar-refractivity contribution in [2.45, 2.75) is 25.5 Å². The van der Waals surface area contributed by atoms with E-state index < -0.39 is 22.3 Å². The van der Waals surface area contributed by atoms with Gasteiger partial charge in [-0.25, -0.2) is 0 Å². The lowest BCUT2D eigenvalue weighted by Gasteiger charge is -2.22. The zero-order chi connectivity index (χ0) is 12.1. The Morgan fingerprint density at radius 1 is 1.50 bits per heavy atom. The van der Waals surface area contributed by atoms with Gasteiger partial charge in [0.05, 0.1) is 4.92 Å². The third-order valence-electron chi connectivity index (χ3n) is 2.98. The molecule has 1 aliphatic rings. The lowest BCUT2D eigenvalue weighted by atomic mass is 9.85. The smallest absolute Gasteiger partial charge is 0.311 e. The Bertz CT molecular complexity index is 470. The predicted octanol–water partition coefficient (Wildman–Crippen LogP) is 1.32. The predicted molar refractivity (Wildman–Crippen MR) is 57.4 cm³/mol. The maximum Gasteiger partial charge on any atom is 0.311 e. The Kier molecular flexibility index (Phi) is 2.06. The van der Waals surface area contributed by atoms with E-state index in [1.165, 1.54) is 12.1 Å². The van der Waals surface area contributed by atoms with Gasteiger partial charge in [-0.15, -0.1) is 0 Å². The topological polar surface area (TPSA) is 95.6 Å². The molecular weight excluding hydrogens is 212 g/mol. The van der Waals surface area contributed by atoms with E-state index in [1.54, 1.807) is 13.8 Å². The van der Waals surface area contributed by atoms with Crippen molar-refractivity contribution in [2.24, 2.45) is 0 Å². The summed E-state index contributed by atoms with van der Waals surface area (Å²) in [4.78, 5) is 10.0. The van der Waals surface area contributed by atoms with Crippen LogP contribution in [0.2, 0.25) is 0 Å². The monoisotopic (exact) mass is 224 g/mol. The van der Waals surface area contributed by atoms with Crippen LogP contribution in [-0.4, -0.2) is 21.4 Å². The second-order valence-electron chi connectivity index (χ2n) is 4.41. The number of aliphatic hydroxyl groups is 1. The Morgan fingerprint density at radius 3 is 2.69 bits per heavy atom. The number of aliphatic hydroxyl groups excluding tert-OH is 1. The summed E-state index contributed by atoms with van der Waals surface area (Å²) in [6.45, 7) is 3.55. The second kappa shape index (κ2) is 3.08. The first-order chi connectivity index (χ1) is 7.34. The number of benzene rings is 1. The van der Waals surface area contributed by atoms with E-state index in [-0.39, 0.29) is 5.69 Å². The maximum absolute atomic E-state index is 10.7. The van der Waals surface area contributed by atoms with Crippen LogP contribution in [-0.2, 0) is 5.41 Å². The molecule has 1 aliphatic heterocycles. The number of hydrogen-bond acceptors (Lipinski definition) is 5. The average Bonchev–Trinajstić information content (AvgIpc) is 2.36. The number of nitro groups is 1. The van der Waals surface area contributed by atoms with Gasteiger partial charge in [-0.05, 0) is 5.56 Å². The van der Waals surface area contributed by atoms with Gasteiger partial charge in [0, 0.05) is 23.2 Å². The number of nitrogens with one attached hydrogen (secondary N) is 1. The summed E-state index contributed by atoms with van der Waals surface area (Å²) in [5.74, 6) is -0.402. The van der Waals surface area contributed by atoms with Gasteiger partial charge in [0.1, 0.15) is 6.23 Å². The quantitative estimate of drug-likeness (QED) is 0.494. The highest BCUT2D eigenvalue weighted by atomic mass is 16.6. The summed E-state index contributed by atoms with van der Waals surface area (Å²) in [7, 11) is 0. The Balaban J connectivity index is 2.63. The summed E-state index contributed by atoms with van der Waals surface area (Å²) in [6.07, 6.45) is -0.816. The standard InChI is InChI=1S/C10H12N2O4/c1-10(2)5-3-7(12(15)16)8(13)4-6(5)11-9(10)14/h3-4,9,11,13-14H,1-2H3. The van der Waals surface area contributed by atoms with Crippen LogP contribution >= 0.6 is 0 Å². The van der Waals surface area contributed by atoms with Gasteiger partial charge in [-0.1, -0.05) is 13.8 Å². The second-order valence-corrected chi connectivity index (χ2v) is 4.41. The van der Waals surface area contributed by atoms with Crippen LogP contribution in [0.15, 0.2) is 12.1 Å². The third-order valence-corrected chi connectivity index (χ3v) is 2.98. The van der Waals surface area contributed by atoms with Gasteiger partial charge in [0.2, 0.25) is 0 Å². The molecule has 16 heavy (non-hydrogen) atoms. The van der Waals surface area contributed by atoms with Crippen LogP contribution in [0.4, 0.5) is 11.4 Å². The van der Waals surface area contributed by atoms with Gasteiger partial charge in [0.15, 0.2) is 5.75 Å². The Morgan fingerprint density at radius 2 is 2.12 bits per heavy atom. The first-order valence-corrected chi connectivity index (χ1v) is 4.80. The molecule has 86 valence electrons. The molecule has 1 unspecified atom stereocenters. The Labute approximate surface area is 91.7 Å². The largest absolute Gasteiger partial charge is 0.502 e. The lowest BCUT2D eigenvalue weighted by molar-refractivity contribution is -0.385. The fourth-order valence-electron chi connectivity index (χ4n) is 1.85. The van der Waals surface area contributed by atoms with Crippen molar-refractivity contribution in [3.8, 4) is 5.75 Å². The zero-order valence-electron chi connectivity index (χ0n) is 8.89. The van der Waals surface area contributed by atoms with Crippen molar-refractivity contribution in [2.75, 3.05) is 5.32 Å². The molecule has 1 aromatic carbocycles. The fraction of sp³-hybridized carbons (Fsp3) is 0.400. The minimum Gasteiger partial charge on any atom is -0.502 e. The molecule has 2 rings (SSSR count). The van der Waals surface area contributed by atoms with Crippen molar-refractivity contribution in [3.63, 3.8) is 0 Å².